The quantitative estimate of drug-likeness (QED) is 0.781. The number of hydrogen-bond acceptors (Lipinski definition) is 1. The summed E-state index contributed by atoms with van der Waals surface area (Å²) in [5, 5.41) is 1.45. The molecule has 3 heterocycles. The Morgan fingerprint density at radius 2 is 2.00 bits per heavy atom. The van der Waals surface area contributed by atoms with E-state index in [4.69, 9.17) is 0 Å². The van der Waals surface area contributed by atoms with Gasteiger partial charge in [-0.05, 0) is 50.7 Å². The minimum atomic E-state index is 1.05. The summed E-state index contributed by atoms with van der Waals surface area (Å²) in [6, 6.07) is 11.3. The zero-order valence-electron chi connectivity index (χ0n) is 14.3. The maximum atomic E-state index is 3.46. The highest BCUT2D eigenvalue weighted by atomic mass is 15.1. The van der Waals surface area contributed by atoms with Gasteiger partial charge >= 0.3 is 0 Å². The highest BCUT2D eigenvalue weighted by molar-refractivity contribution is 5.86. The second-order valence-electron chi connectivity index (χ2n) is 7.00. The van der Waals surface area contributed by atoms with Gasteiger partial charge in [-0.2, -0.15) is 0 Å². The average Bonchev–Trinajstić information content (AvgIpc) is 3.06. The van der Waals surface area contributed by atoms with Gasteiger partial charge in [0, 0.05) is 60.5 Å². The zero-order chi connectivity index (χ0) is 16.0. The molecular formula is C20H25N3. The Hall–Kier alpha value is -2.00. The van der Waals surface area contributed by atoms with Gasteiger partial charge in [-0.25, -0.2) is 0 Å². The molecule has 0 unspecified atom stereocenters. The summed E-state index contributed by atoms with van der Waals surface area (Å²) in [7, 11) is 2.23. The van der Waals surface area contributed by atoms with Crippen molar-refractivity contribution in [2.75, 3.05) is 13.6 Å². The van der Waals surface area contributed by atoms with Crippen LogP contribution in [0, 0.1) is 13.8 Å². The van der Waals surface area contributed by atoms with Gasteiger partial charge in [0.15, 0.2) is 0 Å². The predicted molar refractivity (Wildman–Crippen MR) is 95.9 cm³/mol. The highest BCUT2D eigenvalue weighted by Gasteiger charge is 2.22. The molecule has 1 aliphatic heterocycles. The lowest BCUT2D eigenvalue weighted by atomic mass is 10.0. The van der Waals surface area contributed by atoms with Crippen molar-refractivity contribution in [1.29, 1.82) is 0 Å². The van der Waals surface area contributed by atoms with E-state index in [-0.39, 0.29) is 0 Å². The Labute approximate surface area is 137 Å². The predicted octanol–water partition coefficient (Wildman–Crippen LogP) is 3.82. The van der Waals surface area contributed by atoms with Crippen molar-refractivity contribution in [3.63, 3.8) is 0 Å². The molecule has 0 amide bonds. The summed E-state index contributed by atoms with van der Waals surface area (Å²) < 4.78 is 2.56. The smallest absolute Gasteiger partial charge is 0.0486 e. The lowest BCUT2D eigenvalue weighted by Crippen LogP contribution is -2.27. The standard InChI is InChI=1S/C20H25N3/c1-14-4-7-19-17(12-14)18-13-22(3)10-9-20(18)23(19)11-8-16-6-5-15(2)21-16/h4-7,12,21H,8-11,13H2,1-3H3. The molecule has 0 aliphatic carbocycles. The molecule has 1 aliphatic rings. The number of nitrogens with one attached hydrogen (secondary N) is 1. The third-order valence-electron chi connectivity index (χ3n) is 5.10. The summed E-state index contributed by atoms with van der Waals surface area (Å²) >= 11 is 0. The van der Waals surface area contributed by atoms with Crippen molar-refractivity contribution in [2.45, 2.75) is 39.8 Å². The van der Waals surface area contributed by atoms with Crippen LogP contribution in [0.2, 0.25) is 0 Å². The van der Waals surface area contributed by atoms with Crippen molar-refractivity contribution in [2.24, 2.45) is 0 Å². The molecule has 1 N–H and O–H groups in total. The number of nitrogens with zero attached hydrogens (tertiary/aromatic N) is 2. The molecule has 0 radical (unpaired) electrons. The molecule has 0 spiro atoms. The molecule has 4 rings (SSSR count). The Kier molecular flexibility index (Phi) is 3.53. The van der Waals surface area contributed by atoms with E-state index < -0.39 is 0 Å². The number of benzene rings is 1. The second kappa shape index (κ2) is 5.57. The van der Waals surface area contributed by atoms with Crippen LogP contribution in [0.25, 0.3) is 10.9 Å². The van der Waals surface area contributed by atoms with E-state index in [9.17, 15) is 0 Å². The number of aryl methyl sites for hydroxylation is 4. The molecule has 3 heteroatoms. The Bertz CT molecular complexity index is 853. The van der Waals surface area contributed by atoms with Gasteiger partial charge in [0.25, 0.3) is 0 Å². The molecule has 0 saturated carbocycles. The van der Waals surface area contributed by atoms with Crippen molar-refractivity contribution in [3.05, 3.63) is 58.5 Å². The average molecular weight is 307 g/mol. The fourth-order valence-corrected chi connectivity index (χ4v) is 3.89. The van der Waals surface area contributed by atoms with Crippen LogP contribution in [-0.4, -0.2) is 28.0 Å². The van der Waals surface area contributed by atoms with E-state index in [1.54, 1.807) is 11.3 Å². The number of aromatic nitrogens is 2. The Balaban J connectivity index is 1.76. The topological polar surface area (TPSA) is 24.0 Å². The van der Waals surface area contributed by atoms with Crippen LogP contribution in [0.1, 0.15) is 28.2 Å². The van der Waals surface area contributed by atoms with Crippen LogP contribution in [0.3, 0.4) is 0 Å². The first kappa shape index (κ1) is 14.6. The first-order valence-electron chi connectivity index (χ1n) is 8.55. The number of likely N-dealkylation sites (N-methyl/N-ethyl adjacent to an activating group) is 1. The number of rotatable bonds is 3. The maximum absolute atomic E-state index is 3.46. The van der Waals surface area contributed by atoms with Crippen LogP contribution < -0.4 is 0 Å². The summed E-state index contributed by atoms with van der Waals surface area (Å²) in [5.41, 5.74) is 8.42. The molecule has 3 aromatic rings. The normalized spacial score (nSPS) is 15.3. The largest absolute Gasteiger partial charge is 0.362 e. The molecule has 0 atom stereocenters. The monoisotopic (exact) mass is 307 g/mol. The van der Waals surface area contributed by atoms with Crippen LogP contribution in [0.15, 0.2) is 30.3 Å². The lowest BCUT2D eigenvalue weighted by molar-refractivity contribution is 0.309. The van der Waals surface area contributed by atoms with Gasteiger partial charge in [-0.1, -0.05) is 11.6 Å². The van der Waals surface area contributed by atoms with Crippen molar-refractivity contribution in [3.8, 4) is 0 Å². The van der Waals surface area contributed by atoms with Crippen LogP contribution in [0.5, 0.6) is 0 Å². The van der Waals surface area contributed by atoms with Crippen LogP contribution in [0.4, 0.5) is 0 Å². The van der Waals surface area contributed by atoms with E-state index in [2.05, 4.69) is 65.7 Å². The zero-order valence-corrected chi connectivity index (χ0v) is 14.3. The number of aromatic amines is 1. The van der Waals surface area contributed by atoms with Gasteiger partial charge < -0.3 is 14.5 Å². The van der Waals surface area contributed by atoms with Gasteiger partial charge in [0.05, 0.1) is 0 Å². The first-order chi connectivity index (χ1) is 11.1. The van der Waals surface area contributed by atoms with E-state index in [0.29, 0.717) is 0 Å². The first-order valence-corrected chi connectivity index (χ1v) is 8.55. The van der Waals surface area contributed by atoms with Crippen LogP contribution >= 0.6 is 0 Å². The van der Waals surface area contributed by atoms with Crippen molar-refractivity contribution >= 4 is 10.9 Å². The molecule has 0 saturated heterocycles. The van der Waals surface area contributed by atoms with Gasteiger partial charge in [0.2, 0.25) is 0 Å². The van der Waals surface area contributed by atoms with Crippen molar-refractivity contribution in [1.82, 2.24) is 14.5 Å². The molecule has 23 heavy (non-hydrogen) atoms. The number of fused-ring (bicyclic) bond motifs is 3. The maximum Gasteiger partial charge on any atom is 0.0486 e. The minimum Gasteiger partial charge on any atom is -0.362 e. The third kappa shape index (κ3) is 2.59. The molecular weight excluding hydrogens is 282 g/mol. The van der Waals surface area contributed by atoms with Gasteiger partial charge in [-0.15, -0.1) is 0 Å². The summed E-state index contributed by atoms with van der Waals surface area (Å²) in [4.78, 5) is 5.89. The van der Waals surface area contributed by atoms with Gasteiger partial charge in [-0.3, -0.25) is 0 Å². The van der Waals surface area contributed by atoms with Gasteiger partial charge in [0.1, 0.15) is 0 Å². The highest BCUT2D eigenvalue weighted by Crippen LogP contribution is 2.31. The summed E-state index contributed by atoms with van der Waals surface area (Å²) in [6.45, 7) is 7.60. The van der Waals surface area contributed by atoms with E-state index >= 15 is 0 Å². The van der Waals surface area contributed by atoms with E-state index in [1.807, 2.05) is 0 Å². The van der Waals surface area contributed by atoms with E-state index in [1.165, 1.54) is 27.9 Å². The fraction of sp³-hybridized carbons (Fsp3) is 0.400. The SMILES string of the molecule is Cc1ccc2c(c1)c1c(n2CCc2ccc(C)[nH]2)CCN(C)C1. The fourth-order valence-electron chi connectivity index (χ4n) is 3.89. The Morgan fingerprint density at radius 3 is 2.78 bits per heavy atom. The van der Waals surface area contributed by atoms with Crippen LogP contribution in [-0.2, 0) is 25.9 Å². The molecule has 0 bridgehead atoms. The third-order valence-corrected chi connectivity index (χ3v) is 5.10. The molecule has 2 aromatic heterocycles. The summed E-state index contributed by atoms with van der Waals surface area (Å²) in [5.74, 6) is 0. The molecule has 3 nitrogen and oxygen atoms in total. The second-order valence-corrected chi connectivity index (χ2v) is 7.00. The lowest BCUT2D eigenvalue weighted by Gasteiger charge is -2.24. The number of hydrogen-bond donors (Lipinski definition) is 1. The van der Waals surface area contributed by atoms with E-state index in [0.717, 1.165) is 32.5 Å². The minimum absolute atomic E-state index is 1.05. The van der Waals surface area contributed by atoms with Crippen molar-refractivity contribution < 1.29 is 0 Å². The Morgan fingerprint density at radius 1 is 1.13 bits per heavy atom. The molecule has 0 fully saturated rings. The molecule has 1 aromatic carbocycles. The molecule has 120 valence electrons. The summed E-state index contributed by atoms with van der Waals surface area (Å²) in [6.07, 6.45) is 2.22. The number of H-pyrrole nitrogens is 1.